The molecule has 0 amide bonds. The molecule has 5 heteroatoms. The molecular weight excluding hydrogens is 274 g/mol. The van der Waals surface area contributed by atoms with Crippen LogP contribution in [0.5, 0.6) is 0 Å². The van der Waals surface area contributed by atoms with E-state index in [1.165, 1.54) is 0 Å². The number of imidazole rings is 1. The molecule has 1 aliphatic rings. The molecule has 1 unspecified atom stereocenters. The van der Waals surface area contributed by atoms with Gasteiger partial charge < -0.3 is 15.6 Å². The minimum absolute atomic E-state index is 0.226. The Labute approximate surface area is 132 Å². The van der Waals surface area contributed by atoms with Crippen molar-refractivity contribution in [3.63, 3.8) is 0 Å². The number of rotatable bonds is 5. The predicted octanol–water partition coefficient (Wildman–Crippen LogP) is 1.71. The fourth-order valence-corrected chi connectivity index (χ4v) is 3.11. The van der Waals surface area contributed by atoms with Crippen molar-refractivity contribution in [2.75, 3.05) is 39.3 Å². The summed E-state index contributed by atoms with van der Waals surface area (Å²) in [7, 11) is 0. The molecule has 1 aliphatic heterocycles. The summed E-state index contributed by atoms with van der Waals surface area (Å²) >= 11 is 0. The predicted molar refractivity (Wildman–Crippen MR) is 89.5 cm³/mol. The van der Waals surface area contributed by atoms with E-state index in [1.807, 2.05) is 24.4 Å². The summed E-state index contributed by atoms with van der Waals surface area (Å²) in [6.07, 6.45) is 1.94. The van der Waals surface area contributed by atoms with Gasteiger partial charge in [0.05, 0.1) is 17.9 Å². The molecule has 0 spiro atoms. The van der Waals surface area contributed by atoms with Gasteiger partial charge in [-0.25, -0.2) is 4.98 Å². The zero-order valence-corrected chi connectivity index (χ0v) is 13.2. The SMILES string of the molecule is CCN1CCN(C(CN)c2cnc(-c3ccccc3)[nH]2)CC1. The monoisotopic (exact) mass is 299 g/mol. The van der Waals surface area contributed by atoms with Crippen molar-refractivity contribution in [2.45, 2.75) is 13.0 Å². The van der Waals surface area contributed by atoms with E-state index < -0.39 is 0 Å². The van der Waals surface area contributed by atoms with Crippen molar-refractivity contribution in [2.24, 2.45) is 5.73 Å². The third kappa shape index (κ3) is 3.21. The van der Waals surface area contributed by atoms with Gasteiger partial charge in [-0.1, -0.05) is 37.3 Å². The van der Waals surface area contributed by atoms with E-state index in [0.717, 1.165) is 49.8 Å². The highest BCUT2D eigenvalue weighted by Gasteiger charge is 2.24. The van der Waals surface area contributed by atoms with Crippen LogP contribution in [-0.4, -0.2) is 59.0 Å². The molecule has 0 saturated carbocycles. The fraction of sp³-hybridized carbons (Fsp3) is 0.471. The highest BCUT2D eigenvalue weighted by molar-refractivity contribution is 5.54. The van der Waals surface area contributed by atoms with Crippen molar-refractivity contribution >= 4 is 0 Å². The van der Waals surface area contributed by atoms with Gasteiger partial charge in [-0.3, -0.25) is 4.90 Å². The fourth-order valence-electron chi connectivity index (χ4n) is 3.11. The van der Waals surface area contributed by atoms with Crippen LogP contribution in [0.4, 0.5) is 0 Å². The number of nitrogens with zero attached hydrogens (tertiary/aromatic N) is 3. The molecule has 0 radical (unpaired) electrons. The van der Waals surface area contributed by atoms with E-state index in [-0.39, 0.29) is 6.04 Å². The first-order valence-corrected chi connectivity index (χ1v) is 8.08. The molecular formula is C17H25N5. The number of nitrogens with one attached hydrogen (secondary N) is 1. The van der Waals surface area contributed by atoms with E-state index in [9.17, 15) is 0 Å². The molecule has 1 atom stereocenters. The Kier molecular flexibility index (Phi) is 4.87. The smallest absolute Gasteiger partial charge is 0.137 e. The summed E-state index contributed by atoms with van der Waals surface area (Å²) < 4.78 is 0. The first-order chi connectivity index (χ1) is 10.8. The van der Waals surface area contributed by atoms with Crippen LogP contribution < -0.4 is 5.73 Å². The van der Waals surface area contributed by atoms with E-state index in [2.05, 4.69) is 38.8 Å². The van der Waals surface area contributed by atoms with Crippen LogP contribution in [0.3, 0.4) is 0 Å². The molecule has 22 heavy (non-hydrogen) atoms. The van der Waals surface area contributed by atoms with Crippen LogP contribution in [0, 0.1) is 0 Å². The molecule has 3 rings (SSSR count). The normalized spacial score (nSPS) is 18.5. The number of aromatic nitrogens is 2. The van der Waals surface area contributed by atoms with Crippen LogP contribution in [0.1, 0.15) is 18.7 Å². The largest absolute Gasteiger partial charge is 0.341 e. The van der Waals surface area contributed by atoms with Crippen molar-refractivity contribution in [1.82, 2.24) is 19.8 Å². The van der Waals surface area contributed by atoms with Gasteiger partial charge in [-0.2, -0.15) is 0 Å². The Balaban J connectivity index is 1.73. The topological polar surface area (TPSA) is 61.2 Å². The highest BCUT2D eigenvalue weighted by Crippen LogP contribution is 2.23. The molecule has 2 aromatic rings. The third-order valence-corrected chi connectivity index (χ3v) is 4.52. The summed E-state index contributed by atoms with van der Waals surface area (Å²) in [5.41, 5.74) is 8.28. The molecule has 0 aliphatic carbocycles. The van der Waals surface area contributed by atoms with E-state index in [1.54, 1.807) is 0 Å². The summed E-state index contributed by atoms with van der Waals surface area (Å²) in [6, 6.07) is 10.4. The van der Waals surface area contributed by atoms with Crippen LogP contribution >= 0.6 is 0 Å². The Hall–Kier alpha value is -1.69. The first-order valence-electron chi connectivity index (χ1n) is 8.08. The maximum Gasteiger partial charge on any atom is 0.137 e. The Bertz CT molecular complexity index is 572. The van der Waals surface area contributed by atoms with Crippen LogP contribution in [0.25, 0.3) is 11.4 Å². The quantitative estimate of drug-likeness (QED) is 0.882. The van der Waals surface area contributed by atoms with Gasteiger partial charge in [0.15, 0.2) is 0 Å². The number of aromatic amines is 1. The summed E-state index contributed by atoms with van der Waals surface area (Å²) in [5.74, 6) is 0.918. The number of hydrogen-bond donors (Lipinski definition) is 2. The molecule has 1 aromatic heterocycles. The van der Waals surface area contributed by atoms with Crippen LogP contribution in [0.15, 0.2) is 36.5 Å². The zero-order chi connectivity index (χ0) is 15.4. The van der Waals surface area contributed by atoms with Gasteiger partial charge in [0, 0.05) is 38.3 Å². The van der Waals surface area contributed by atoms with Gasteiger partial charge in [-0.15, -0.1) is 0 Å². The molecule has 0 bridgehead atoms. The van der Waals surface area contributed by atoms with Gasteiger partial charge in [0.1, 0.15) is 5.82 Å². The summed E-state index contributed by atoms with van der Waals surface area (Å²) in [5, 5.41) is 0. The van der Waals surface area contributed by atoms with Crippen LogP contribution in [-0.2, 0) is 0 Å². The zero-order valence-electron chi connectivity index (χ0n) is 13.2. The standard InChI is InChI=1S/C17H25N5/c1-2-21-8-10-22(11-9-21)16(12-18)15-13-19-17(20-15)14-6-4-3-5-7-14/h3-7,13,16H,2,8-12,18H2,1H3,(H,19,20). The Morgan fingerprint density at radius 2 is 1.91 bits per heavy atom. The number of H-pyrrole nitrogens is 1. The molecule has 5 nitrogen and oxygen atoms in total. The minimum atomic E-state index is 0.226. The molecule has 1 aromatic carbocycles. The van der Waals surface area contributed by atoms with Crippen molar-refractivity contribution in [3.05, 3.63) is 42.2 Å². The maximum atomic E-state index is 6.05. The average molecular weight is 299 g/mol. The van der Waals surface area contributed by atoms with E-state index in [0.29, 0.717) is 6.54 Å². The molecule has 3 N–H and O–H groups in total. The number of hydrogen-bond acceptors (Lipinski definition) is 4. The van der Waals surface area contributed by atoms with E-state index in [4.69, 9.17) is 5.73 Å². The molecule has 118 valence electrons. The van der Waals surface area contributed by atoms with Gasteiger partial charge >= 0.3 is 0 Å². The third-order valence-electron chi connectivity index (χ3n) is 4.52. The second kappa shape index (κ2) is 7.05. The van der Waals surface area contributed by atoms with Crippen molar-refractivity contribution in [1.29, 1.82) is 0 Å². The Morgan fingerprint density at radius 1 is 1.18 bits per heavy atom. The van der Waals surface area contributed by atoms with Gasteiger partial charge in [-0.05, 0) is 6.54 Å². The van der Waals surface area contributed by atoms with E-state index >= 15 is 0 Å². The second-order valence-corrected chi connectivity index (χ2v) is 5.77. The lowest BCUT2D eigenvalue weighted by Crippen LogP contribution is -2.48. The summed E-state index contributed by atoms with van der Waals surface area (Å²) in [6.45, 7) is 8.33. The number of nitrogens with two attached hydrogens (primary N) is 1. The van der Waals surface area contributed by atoms with Gasteiger partial charge in [0.25, 0.3) is 0 Å². The summed E-state index contributed by atoms with van der Waals surface area (Å²) in [4.78, 5) is 12.9. The van der Waals surface area contributed by atoms with Crippen molar-refractivity contribution in [3.8, 4) is 11.4 Å². The second-order valence-electron chi connectivity index (χ2n) is 5.77. The molecule has 2 heterocycles. The highest BCUT2D eigenvalue weighted by atomic mass is 15.3. The lowest BCUT2D eigenvalue weighted by atomic mass is 10.1. The lowest BCUT2D eigenvalue weighted by Gasteiger charge is -2.38. The number of piperazine rings is 1. The van der Waals surface area contributed by atoms with Crippen molar-refractivity contribution < 1.29 is 0 Å². The first kappa shape index (κ1) is 15.2. The number of benzene rings is 1. The van der Waals surface area contributed by atoms with Crippen LogP contribution in [0.2, 0.25) is 0 Å². The minimum Gasteiger partial charge on any atom is -0.341 e. The average Bonchev–Trinajstić information content (AvgIpc) is 3.07. The molecule has 1 saturated heterocycles. The Morgan fingerprint density at radius 3 is 2.55 bits per heavy atom. The molecule has 1 fully saturated rings. The number of likely N-dealkylation sites (N-methyl/N-ethyl adjacent to an activating group) is 1. The van der Waals surface area contributed by atoms with Gasteiger partial charge in [0.2, 0.25) is 0 Å². The lowest BCUT2D eigenvalue weighted by molar-refractivity contribution is 0.100. The maximum absolute atomic E-state index is 6.05.